The van der Waals surface area contributed by atoms with Crippen LogP contribution in [0.2, 0.25) is 0 Å². The summed E-state index contributed by atoms with van der Waals surface area (Å²) in [6.07, 6.45) is 0. The predicted octanol–water partition coefficient (Wildman–Crippen LogP) is 5.74. The highest BCUT2D eigenvalue weighted by molar-refractivity contribution is 5.64. The Morgan fingerprint density at radius 3 is 1.75 bits per heavy atom. The van der Waals surface area contributed by atoms with Gasteiger partial charge in [0.25, 0.3) is 0 Å². The minimum atomic E-state index is 0.556. The molecule has 2 aromatic carbocycles. The standard InChI is InChI=1S/C19H18O/c1-14(2)15-8-10-17(11-9-15)19-13-12-18(20-19)16-6-4-3-5-7-16/h3-14H,1-2H3. The lowest BCUT2D eigenvalue weighted by Crippen LogP contribution is -1.85. The molecule has 0 aliphatic heterocycles. The highest BCUT2D eigenvalue weighted by Gasteiger charge is 2.07. The fourth-order valence-electron chi connectivity index (χ4n) is 2.28. The molecule has 0 fully saturated rings. The Bertz CT molecular complexity index is 675. The summed E-state index contributed by atoms with van der Waals surface area (Å²) in [4.78, 5) is 0. The molecular weight excluding hydrogens is 244 g/mol. The second-order valence-corrected chi connectivity index (χ2v) is 5.31. The Labute approximate surface area is 119 Å². The van der Waals surface area contributed by atoms with Crippen LogP contribution < -0.4 is 0 Å². The van der Waals surface area contributed by atoms with Crippen molar-refractivity contribution < 1.29 is 4.42 Å². The number of benzene rings is 2. The van der Waals surface area contributed by atoms with Crippen LogP contribution in [0, 0.1) is 0 Å². The van der Waals surface area contributed by atoms with Crippen LogP contribution in [-0.2, 0) is 0 Å². The Morgan fingerprint density at radius 2 is 1.20 bits per heavy atom. The van der Waals surface area contributed by atoms with Gasteiger partial charge in [-0.15, -0.1) is 0 Å². The van der Waals surface area contributed by atoms with E-state index in [2.05, 4.69) is 50.2 Å². The molecule has 3 rings (SSSR count). The van der Waals surface area contributed by atoms with Gasteiger partial charge in [0, 0.05) is 11.1 Å². The first-order valence-corrected chi connectivity index (χ1v) is 6.99. The van der Waals surface area contributed by atoms with E-state index in [0.29, 0.717) is 5.92 Å². The van der Waals surface area contributed by atoms with Crippen LogP contribution in [0.15, 0.2) is 71.1 Å². The summed E-state index contributed by atoms with van der Waals surface area (Å²) in [5.41, 5.74) is 3.58. The fourth-order valence-corrected chi connectivity index (χ4v) is 2.28. The molecule has 0 saturated heterocycles. The zero-order chi connectivity index (χ0) is 13.9. The monoisotopic (exact) mass is 262 g/mol. The first kappa shape index (κ1) is 12.7. The van der Waals surface area contributed by atoms with E-state index in [1.807, 2.05) is 30.3 Å². The lowest BCUT2D eigenvalue weighted by molar-refractivity contribution is 0.597. The van der Waals surface area contributed by atoms with Crippen LogP contribution in [0.25, 0.3) is 22.6 Å². The van der Waals surface area contributed by atoms with E-state index in [0.717, 1.165) is 22.6 Å². The summed E-state index contributed by atoms with van der Waals surface area (Å²) in [6.45, 7) is 4.41. The quantitative estimate of drug-likeness (QED) is 0.587. The normalized spacial score (nSPS) is 10.9. The lowest BCUT2D eigenvalue weighted by Gasteiger charge is -2.05. The maximum absolute atomic E-state index is 5.96. The Hall–Kier alpha value is -2.28. The van der Waals surface area contributed by atoms with Gasteiger partial charge in [-0.25, -0.2) is 0 Å². The number of hydrogen-bond acceptors (Lipinski definition) is 1. The highest BCUT2D eigenvalue weighted by atomic mass is 16.3. The smallest absolute Gasteiger partial charge is 0.134 e. The topological polar surface area (TPSA) is 13.1 Å². The van der Waals surface area contributed by atoms with Crippen molar-refractivity contribution in [2.45, 2.75) is 19.8 Å². The van der Waals surface area contributed by atoms with Crippen molar-refractivity contribution in [1.29, 1.82) is 0 Å². The molecule has 100 valence electrons. The van der Waals surface area contributed by atoms with Crippen LogP contribution in [0.5, 0.6) is 0 Å². The van der Waals surface area contributed by atoms with E-state index in [1.165, 1.54) is 5.56 Å². The fraction of sp³-hybridized carbons (Fsp3) is 0.158. The van der Waals surface area contributed by atoms with E-state index in [9.17, 15) is 0 Å². The third kappa shape index (κ3) is 2.53. The van der Waals surface area contributed by atoms with E-state index in [1.54, 1.807) is 0 Å². The van der Waals surface area contributed by atoms with Gasteiger partial charge in [-0.05, 0) is 23.6 Å². The zero-order valence-corrected chi connectivity index (χ0v) is 11.8. The minimum Gasteiger partial charge on any atom is -0.456 e. The van der Waals surface area contributed by atoms with Gasteiger partial charge in [-0.2, -0.15) is 0 Å². The van der Waals surface area contributed by atoms with Gasteiger partial charge in [0.1, 0.15) is 11.5 Å². The average molecular weight is 262 g/mol. The maximum atomic E-state index is 5.96. The molecule has 20 heavy (non-hydrogen) atoms. The van der Waals surface area contributed by atoms with Gasteiger partial charge in [0.05, 0.1) is 0 Å². The average Bonchev–Trinajstić information content (AvgIpc) is 2.98. The molecule has 1 heterocycles. The van der Waals surface area contributed by atoms with Crippen molar-refractivity contribution >= 4 is 0 Å². The molecular formula is C19H18O. The highest BCUT2D eigenvalue weighted by Crippen LogP contribution is 2.29. The van der Waals surface area contributed by atoms with Crippen molar-refractivity contribution in [3.8, 4) is 22.6 Å². The third-order valence-electron chi connectivity index (χ3n) is 3.53. The molecule has 0 spiro atoms. The second kappa shape index (κ2) is 5.38. The van der Waals surface area contributed by atoms with E-state index in [4.69, 9.17) is 4.42 Å². The van der Waals surface area contributed by atoms with Crippen LogP contribution in [0.1, 0.15) is 25.3 Å². The van der Waals surface area contributed by atoms with Gasteiger partial charge in [-0.1, -0.05) is 68.4 Å². The molecule has 0 saturated carbocycles. The van der Waals surface area contributed by atoms with Crippen LogP contribution in [0.4, 0.5) is 0 Å². The first-order chi connectivity index (χ1) is 9.74. The maximum Gasteiger partial charge on any atom is 0.134 e. The van der Waals surface area contributed by atoms with Crippen molar-refractivity contribution in [3.05, 3.63) is 72.3 Å². The largest absolute Gasteiger partial charge is 0.456 e. The molecule has 0 amide bonds. The van der Waals surface area contributed by atoms with E-state index in [-0.39, 0.29) is 0 Å². The molecule has 0 radical (unpaired) electrons. The summed E-state index contributed by atoms with van der Waals surface area (Å²) < 4.78 is 5.96. The summed E-state index contributed by atoms with van der Waals surface area (Å²) in [5.74, 6) is 2.38. The lowest BCUT2D eigenvalue weighted by atomic mass is 10.0. The number of hydrogen-bond donors (Lipinski definition) is 0. The van der Waals surface area contributed by atoms with E-state index < -0.39 is 0 Å². The van der Waals surface area contributed by atoms with Crippen molar-refractivity contribution in [3.63, 3.8) is 0 Å². The molecule has 0 N–H and O–H groups in total. The molecule has 0 aliphatic carbocycles. The molecule has 0 unspecified atom stereocenters. The predicted molar refractivity (Wildman–Crippen MR) is 83.7 cm³/mol. The summed E-state index contributed by atoms with van der Waals surface area (Å²) in [6, 6.07) is 22.8. The molecule has 1 aromatic heterocycles. The third-order valence-corrected chi connectivity index (χ3v) is 3.53. The Balaban J connectivity index is 1.90. The van der Waals surface area contributed by atoms with Crippen molar-refractivity contribution in [2.75, 3.05) is 0 Å². The molecule has 1 heteroatoms. The van der Waals surface area contributed by atoms with Crippen molar-refractivity contribution in [1.82, 2.24) is 0 Å². The molecule has 0 aliphatic rings. The summed E-state index contributed by atoms with van der Waals surface area (Å²) >= 11 is 0. The van der Waals surface area contributed by atoms with Crippen molar-refractivity contribution in [2.24, 2.45) is 0 Å². The molecule has 3 aromatic rings. The van der Waals surface area contributed by atoms with Gasteiger partial charge < -0.3 is 4.42 Å². The summed E-state index contributed by atoms with van der Waals surface area (Å²) in [7, 11) is 0. The van der Waals surface area contributed by atoms with Gasteiger partial charge in [0.15, 0.2) is 0 Å². The van der Waals surface area contributed by atoms with Crippen LogP contribution >= 0.6 is 0 Å². The SMILES string of the molecule is CC(C)c1ccc(-c2ccc(-c3ccccc3)o2)cc1. The van der Waals surface area contributed by atoms with E-state index >= 15 is 0 Å². The van der Waals surface area contributed by atoms with Gasteiger partial charge in [-0.3, -0.25) is 0 Å². The first-order valence-electron chi connectivity index (χ1n) is 6.99. The Kier molecular flexibility index (Phi) is 3.42. The Morgan fingerprint density at radius 1 is 0.650 bits per heavy atom. The van der Waals surface area contributed by atoms with Gasteiger partial charge in [0.2, 0.25) is 0 Å². The molecule has 0 atom stereocenters. The van der Waals surface area contributed by atoms with Crippen LogP contribution in [0.3, 0.4) is 0 Å². The number of rotatable bonds is 3. The molecule has 1 nitrogen and oxygen atoms in total. The van der Waals surface area contributed by atoms with Gasteiger partial charge >= 0.3 is 0 Å². The zero-order valence-electron chi connectivity index (χ0n) is 11.8. The minimum absolute atomic E-state index is 0.556. The second-order valence-electron chi connectivity index (χ2n) is 5.31. The molecule has 0 bridgehead atoms. The number of furan rings is 1. The van der Waals surface area contributed by atoms with Crippen LogP contribution in [-0.4, -0.2) is 0 Å². The summed E-state index contributed by atoms with van der Waals surface area (Å²) in [5, 5.41) is 0.